The van der Waals surface area contributed by atoms with Gasteiger partial charge >= 0.3 is 6.01 Å². The van der Waals surface area contributed by atoms with Crippen molar-refractivity contribution < 1.29 is 12.8 Å². The molecule has 102 valence electrons. The van der Waals surface area contributed by atoms with Crippen LogP contribution in [0.25, 0.3) is 0 Å². The molecular formula is C10H11BrN4O3S. The SMILES string of the molecule is Cc1nnc(NS(=O)(=O)c2cc(N)c(Br)cc2C)o1. The maximum atomic E-state index is 12.2. The number of hydrogen-bond acceptors (Lipinski definition) is 6. The van der Waals surface area contributed by atoms with Crippen molar-refractivity contribution in [1.82, 2.24) is 10.2 Å². The summed E-state index contributed by atoms with van der Waals surface area (Å²) in [6.07, 6.45) is 0. The molecule has 0 saturated carbocycles. The highest BCUT2D eigenvalue weighted by atomic mass is 79.9. The van der Waals surface area contributed by atoms with E-state index in [1.807, 2.05) is 0 Å². The topological polar surface area (TPSA) is 111 Å². The monoisotopic (exact) mass is 346 g/mol. The van der Waals surface area contributed by atoms with E-state index in [0.29, 0.717) is 15.7 Å². The summed E-state index contributed by atoms with van der Waals surface area (Å²) in [5, 5.41) is 7.12. The van der Waals surface area contributed by atoms with Crippen LogP contribution in [0.1, 0.15) is 11.5 Å². The van der Waals surface area contributed by atoms with E-state index < -0.39 is 10.0 Å². The van der Waals surface area contributed by atoms with Gasteiger partial charge in [-0.25, -0.2) is 13.1 Å². The quantitative estimate of drug-likeness (QED) is 0.820. The van der Waals surface area contributed by atoms with Crippen molar-refractivity contribution in [3.8, 4) is 0 Å². The molecule has 0 unspecified atom stereocenters. The van der Waals surface area contributed by atoms with E-state index in [4.69, 9.17) is 10.2 Å². The van der Waals surface area contributed by atoms with Gasteiger partial charge in [-0.2, -0.15) is 0 Å². The Bertz CT molecular complexity index is 726. The van der Waals surface area contributed by atoms with Crippen LogP contribution in [0.3, 0.4) is 0 Å². The lowest BCUT2D eigenvalue weighted by Crippen LogP contribution is -2.15. The molecule has 1 aromatic carbocycles. The van der Waals surface area contributed by atoms with E-state index in [-0.39, 0.29) is 16.8 Å². The molecule has 0 radical (unpaired) electrons. The van der Waals surface area contributed by atoms with E-state index >= 15 is 0 Å². The lowest BCUT2D eigenvalue weighted by molar-refractivity contribution is 0.534. The lowest BCUT2D eigenvalue weighted by atomic mass is 10.2. The van der Waals surface area contributed by atoms with Crippen molar-refractivity contribution in [3.63, 3.8) is 0 Å². The Morgan fingerprint density at radius 2 is 2.00 bits per heavy atom. The van der Waals surface area contributed by atoms with Crippen LogP contribution < -0.4 is 10.5 Å². The largest absolute Gasteiger partial charge is 0.408 e. The van der Waals surface area contributed by atoms with Crippen molar-refractivity contribution in [2.45, 2.75) is 18.7 Å². The third-order valence-corrected chi connectivity index (χ3v) is 4.48. The predicted molar refractivity (Wildman–Crippen MR) is 73.1 cm³/mol. The molecule has 2 rings (SSSR count). The Balaban J connectivity index is 2.42. The number of rotatable bonds is 3. The Kier molecular flexibility index (Phi) is 3.50. The van der Waals surface area contributed by atoms with Gasteiger partial charge in [0.2, 0.25) is 5.89 Å². The number of aromatic nitrogens is 2. The average molecular weight is 347 g/mol. The zero-order valence-corrected chi connectivity index (χ0v) is 12.5. The second-order valence-electron chi connectivity index (χ2n) is 3.87. The van der Waals surface area contributed by atoms with Crippen LogP contribution in [-0.2, 0) is 10.0 Å². The van der Waals surface area contributed by atoms with Gasteiger partial charge in [0.05, 0.1) is 4.90 Å². The van der Waals surface area contributed by atoms with E-state index in [2.05, 4.69) is 30.8 Å². The van der Waals surface area contributed by atoms with Crippen molar-refractivity contribution in [3.05, 3.63) is 28.1 Å². The third kappa shape index (κ3) is 2.87. The molecule has 0 atom stereocenters. The number of anilines is 2. The Hall–Kier alpha value is -1.61. The van der Waals surface area contributed by atoms with Crippen molar-refractivity contribution >= 4 is 37.7 Å². The second-order valence-corrected chi connectivity index (χ2v) is 6.38. The molecule has 3 N–H and O–H groups in total. The number of nitrogen functional groups attached to an aromatic ring is 1. The summed E-state index contributed by atoms with van der Waals surface area (Å²) in [5.74, 6) is 0.268. The fourth-order valence-corrected chi connectivity index (χ4v) is 3.11. The molecule has 7 nitrogen and oxygen atoms in total. The summed E-state index contributed by atoms with van der Waals surface area (Å²) >= 11 is 3.24. The molecule has 0 amide bonds. The van der Waals surface area contributed by atoms with Crippen LogP contribution in [0.4, 0.5) is 11.7 Å². The summed E-state index contributed by atoms with van der Waals surface area (Å²) in [5.41, 5.74) is 6.57. The summed E-state index contributed by atoms with van der Waals surface area (Å²) in [4.78, 5) is 0.0593. The van der Waals surface area contributed by atoms with Gasteiger partial charge in [0.1, 0.15) is 0 Å². The molecule has 19 heavy (non-hydrogen) atoms. The molecule has 0 aliphatic rings. The molecule has 0 spiro atoms. The van der Waals surface area contributed by atoms with Gasteiger partial charge < -0.3 is 10.2 Å². The van der Waals surface area contributed by atoms with Crippen molar-refractivity contribution in [2.24, 2.45) is 0 Å². The molecule has 9 heteroatoms. The number of benzene rings is 1. The van der Waals surface area contributed by atoms with E-state index in [0.717, 1.165) is 0 Å². The Morgan fingerprint density at radius 1 is 1.32 bits per heavy atom. The van der Waals surface area contributed by atoms with Gasteiger partial charge in [0, 0.05) is 17.1 Å². The molecule has 0 aliphatic heterocycles. The number of nitrogens with one attached hydrogen (secondary N) is 1. The van der Waals surface area contributed by atoms with E-state index in [1.165, 1.54) is 6.07 Å². The van der Waals surface area contributed by atoms with Gasteiger partial charge in [-0.15, -0.1) is 5.10 Å². The molecular weight excluding hydrogens is 336 g/mol. The van der Waals surface area contributed by atoms with Crippen LogP contribution in [0, 0.1) is 13.8 Å². The third-order valence-electron chi connectivity index (χ3n) is 2.33. The Morgan fingerprint density at radius 3 is 2.58 bits per heavy atom. The first-order chi connectivity index (χ1) is 8.79. The molecule has 2 aromatic rings. The number of sulfonamides is 1. The minimum absolute atomic E-state index is 0.0593. The van der Waals surface area contributed by atoms with Gasteiger partial charge in [-0.3, -0.25) is 0 Å². The molecule has 1 aromatic heterocycles. The standard InChI is InChI=1S/C10H11BrN4O3S/c1-5-3-7(11)8(12)4-9(5)19(16,17)15-10-14-13-6(2)18-10/h3-4H,12H2,1-2H3,(H,14,15). The van der Waals surface area contributed by atoms with E-state index in [9.17, 15) is 8.42 Å². The fourth-order valence-electron chi connectivity index (χ4n) is 1.47. The highest BCUT2D eigenvalue weighted by molar-refractivity contribution is 9.10. The van der Waals surface area contributed by atoms with Gasteiger partial charge in [0.15, 0.2) is 0 Å². The zero-order valence-electron chi connectivity index (χ0n) is 10.1. The Labute approximate surface area is 118 Å². The highest BCUT2D eigenvalue weighted by Crippen LogP contribution is 2.27. The van der Waals surface area contributed by atoms with Crippen LogP contribution in [0.2, 0.25) is 0 Å². The van der Waals surface area contributed by atoms with E-state index in [1.54, 1.807) is 19.9 Å². The predicted octanol–water partition coefficient (Wildman–Crippen LogP) is 1.83. The van der Waals surface area contributed by atoms with Gasteiger partial charge in [-0.1, -0.05) is 5.10 Å². The maximum absolute atomic E-state index is 12.2. The van der Waals surface area contributed by atoms with Crippen LogP contribution in [0.15, 0.2) is 25.9 Å². The smallest absolute Gasteiger partial charge is 0.329 e. The first-order valence-corrected chi connectivity index (χ1v) is 7.46. The summed E-state index contributed by atoms with van der Waals surface area (Å²) in [6.45, 7) is 3.23. The minimum atomic E-state index is -3.82. The number of nitrogens with two attached hydrogens (primary N) is 1. The number of aryl methyl sites for hydroxylation is 2. The van der Waals surface area contributed by atoms with Crippen LogP contribution in [0.5, 0.6) is 0 Å². The molecule has 0 fully saturated rings. The maximum Gasteiger partial charge on any atom is 0.329 e. The average Bonchev–Trinajstić information content (AvgIpc) is 2.68. The zero-order chi connectivity index (χ0) is 14.2. The molecule has 0 saturated heterocycles. The summed E-state index contributed by atoms with van der Waals surface area (Å²) in [6, 6.07) is 2.81. The minimum Gasteiger partial charge on any atom is -0.408 e. The van der Waals surface area contributed by atoms with Crippen molar-refractivity contribution in [1.29, 1.82) is 0 Å². The van der Waals surface area contributed by atoms with Crippen LogP contribution in [-0.4, -0.2) is 18.6 Å². The van der Waals surface area contributed by atoms with Gasteiger partial charge in [-0.05, 0) is 40.5 Å². The number of nitrogens with zero attached hydrogens (tertiary/aromatic N) is 2. The molecule has 1 heterocycles. The number of hydrogen-bond donors (Lipinski definition) is 2. The molecule has 0 aliphatic carbocycles. The first-order valence-electron chi connectivity index (χ1n) is 5.18. The fraction of sp³-hybridized carbons (Fsp3) is 0.200. The van der Waals surface area contributed by atoms with Crippen LogP contribution >= 0.6 is 15.9 Å². The number of halogens is 1. The summed E-state index contributed by atoms with van der Waals surface area (Å²) in [7, 11) is -3.82. The van der Waals surface area contributed by atoms with Crippen molar-refractivity contribution in [2.75, 3.05) is 10.5 Å². The van der Waals surface area contributed by atoms with Gasteiger partial charge in [0.25, 0.3) is 10.0 Å². The lowest BCUT2D eigenvalue weighted by Gasteiger charge is -2.09. The highest BCUT2D eigenvalue weighted by Gasteiger charge is 2.20. The normalized spacial score (nSPS) is 11.5. The second kappa shape index (κ2) is 4.82. The molecule has 0 bridgehead atoms. The first kappa shape index (κ1) is 13.8. The summed E-state index contributed by atoms with van der Waals surface area (Å²) < 4.78 is 32.2.